The van der Waals surface area contributed by atoms with Gasteiger partial charge in [0.05, 0.1) is 0 Å². The van der Waals surface area contributed by atoms with Crippen molar-refractivity contribution in [2.24, 2.45) is 0 Å². The van der Waals surface area contributed by atoms with Crippen LogP contribution >= 0.6 is 0 Å². The normalized spacial score (nSPS) is 21.5. The van der Waals surface area contributed by atoms with Crippen molar-refractivity contribution in [1.82, 2.24) is 4.90 Å². The van der Waals surface area contributed by atoms with Crippen LogP contribution in [0.3, 0.4) is 0 Å². The molecule has 3 aromatic rings. The number of furan rings is 1. The number of ketones is 1. The Balaban J connectivity index is 1.49. The molecule has 2 aliphatic rings. The third kappa shape index (κ3) is 3.78. The molecule has 162 valence electrons. The number of carbonyl (C=O) groups is 1. The van der Waals surface area contributed by atoms with Crippen LogP contribution in [0.2, 0.25) is 0 Å². The van der Waals surface area contributed by atoms with Crippen LogP contribution in [0.5, 0.6) is 0 Å². The summed E-state index contributed by atoms with van der Waals surface area (Å²) in [5.74, 6) is 1.02. The van der Waals surface area contributed by atoms with Gasteiger partial charge in [-0.15, -0.1) is 0 Å². The largest absolute Gasteiger partial charge is 0.441 e. The van der Waals surface area contributed by atoms with E-state index in [2.05, 4.69) is 17.9 Å². The van der Waals surface area contributed by atoms with Crippen LogP contribution in [0.15, 0.2) is 46.9 Å². The van der Waals surface area contributed by atoms with Gasteiger partial charge in [-0.25, -0.2) is 0 Å². The average molecular weight is 417 g/mol. The Bertz CT molecular complexity index is 1100. The first-order chi connectivity index (χ1) is 15.2. The molecule has 0 radical (unpaired) electrons. The van der Waals surface area contributed by atoms with Gasteiger partial charge in [0.25, 0.3) is 0 Å². The second-order valence-electron chi connectivity index (χ2n) is 9.23. The zero-order valence-electron chi connectivity index (χ0n) is 18.4. The second-order valence-corrected chi connectivity index (χ2v) is 9.23. The molecule has 0 amide bonds. The number of rotatable bonds is 6. The fourth-order valence-electron chi connectivity index (χ4n) is 5.67. The molecule has 2 unspecified atom stereocenters. The molecule has 0 saturated carbocycles. The minimum Gasteiger partial charge on any atom is -0.441 e. The lowest BCUT2D eigenvalue weighted by atomic mass is 9.84. The van der Waals surface area contributed by atoms with Crippen molar-refractivity contribution in [2.75, 3.05) is 18.8 Å². The summed E-state index contributed by atoms with van der Waals surface area (Å²) in [4.78, 5) is 16.1. The quantitative estimate of drug-likeness (QED) is 0.506. The maximum absolute atomic E-state index is 13.4. The fourth-order valence-corrected chi connectivity index (χ4v) is 5.67. The molecule has 4 heteroatoms. The van der Waals surface area contributed by atoms with Crippen molar-refractivity contribution in [3.8, 4) is 0 Å². The molecule has 3 heterocycles. The summed E-state index contributed by atoms with van der Waals surface area (Å²) in [6.45, 7) is 4.54. The third-order valence-electron chi connectivity index (χ3n) is 7.31. The standard InChI is InChI=1S/C27H32N2O2/c1-2-3-7-18-8-4-5-10-22(18)26(30)20-11-12-24-23(17-20)25(27(28)31-24)19-13-15-29-14-6-9-21(29)16-19/h4-5,8,10-12,17,19,21H,2-3,6-7,9,13-16,28H2,1H3. The number of carbonyl (C=O) groups excluding carboxylic acids is 1. The lowest BCUT2D eigenvalue weighted by Gasteiger charge is -2.34. The van der Waals surface area contributed by atoms with Crippen LogP contribution in [-0.4, -0.2) is 29.8 Å². The van der Waals surface area contributed by atoms with E-state index in [9.17, 15) is 4.79 Å². The second kappa shape index (κ2) is 8.51. The molecule has 5 rings (SSSR count). The summed E-state index contributed by atoms with van der Waals surface area (Å²) < 4.78 is 5.93. The van der Waals surface area contributed by atoms with E-state index in [4.69, 9.17) is 10.2 Å². The molecule has 2 aliphatic heterocycles. The van der Waals surface area contributed by atoms with Gasteiger partial charge in [-0.1, -0.05) is 37.6 Å². The first-order valence-electron chi connectivity index (χ1n) is 11.8. The average Bonchev–Trinajstić information content (AvgIpc) is 3.39. The molecule has 0 spiro atoms. The number of fused-ring (bicyclic) bond motifs is 2. The Morgan fingerprint density at radius 1 is 1.16 bits per heavy atom. The highest BCUT2D eigenvalue weighted by Crippen LogP contribution is 2.43. The molecule has 2 N–H and O–H groups in total. The predicted molar refractivity (Wildman–Crippen MR) is 126 cm³/mol. The summed E-state index contributed by atoms with van der Waals surface area (Å²) >= 11 is 0. The summed E-state index contributed by atoms with van der Waals surface area (Å²) in [5, 5.41) is 1.02. The maximum atomic E-state index is 13.4. The summed E-state index contributed by atoms with van der Waals surface area (Å²) in [6.07, 6.45) is 7.96. The predicted octanol–water partition coefficient (Wildman–Crippen LogP) is 5.93. The van der Waals surface area contributed by atoms with Crippen LogP contribution in [-0.2, 0) is 6.42 Å². The van der Waals surface area contributed by atoms with Crippen LogP contribution in [0.4, 0.5) is 5.88 Å². The first-order valence-corrected chi connectivity index (χ1v) is 11.8. The molecule has 31 heavy (non-hydrogen) atoms. The van der Waals surface area contributed by atoms with Gasteiger partial charge in [0, 0.05) is 28.1 Å². The SMILES string of the molecule is CCCCc1ccccc1C(=O)c1ccc2oc(N)c(C3CCN4CCCC4C3)c2c1. The summed E-state index contributed by atoms with van der Waals surface area (Å²) in [5.41, 5.74) is 10.9. The van der Waals surface area contributed by atoms with E-state index in [0.29, 0.717) is 17.8 Å². The number of aryl methyl sites for hydroxylation is 1. The van der Waals surface area contributed by atoms with E-state index in [0.717, 1.165) is 71.9 Å². The van der Waals surface area contributed by atoms with Crippen molar-refractivity contribution >= 4 is 22.6 Å². The van der Waals surface area contributed by atoms with E-state index in [-0.39, 0.29) is 5.78 Å². The van der Waals surface area contributed by atoms with E-state index in [1.54, 1.807) is 0 Å². The lowest BCUT2D eigenvalue weighted by molar-refractivity contribution is 0.103. The van der Waals surface area contributed by atoms with E-state index in [1.807, 2.05) is 36.4 Å². The number of anilines is 1. The van der Waals surface area contributed by atoms with Gasteiger partial charge >= 0.3 is 0 Å². The van der Waals surface area contributed by atoms with Gasteiger partial charge in [-0.05, 0) is 81.3 Å². The third-order valence-corrected chi connectivity index (χ3v) is 7.31. The molecular formula is C27H32N2O2. The van der Waals surface area contributed by atoms with Crippen LogP contribution < -0.4 is 5.73 Å². The number of piperidine rings is 1. The maximum Gasteiger partial charge on any atom is 0.195 e. The zero-order valence-corrected chi connectivity index (χ0v) is 18.4. The van der Waals surface area contributed by atoms with Crippen molar-refractivity contribution < 1.29 is 9.21 Å². The Labute approximate surface area is 184 Å². The number of nitrogens with two attached hydrogens (primary N) is 1. The van der Waals surface area contributed by atoms with E-state index in [1.165, 1.54) is 19.4 Å². The molecule has 4 nitrogen and oxygen atoms in total. The molecule has 2 fully saturated rings. The topological polar surface area (TPSA) is 59.5 Å². The van der Waals surface area contributed by atoms with Gasteiger partial charge in [0.15, 0.2) is 11.7 Å². The van der Waals surface area contributed by atoms with E-state index >= 15 is 0 Å². The highest BCUT2D eigenvalue weighted by atomic mass is 16.3. The number of unbranched alkanes of at least 4 members (excludes halogenated alkanes) is 1. The van der Waals surface area contributed by atoms with Gasteiger partial charge in [-0.3, -0.25) is 4.79 Å². The molecule has 2 aromatic carbocycles. The van der Waals surface area contributed by atoms with Crippen molar-refractivity contribution in [1.29, 1.82) is 0 Å². The van der Waals surface area contributed by atoms with Gasteiger partial charge in [0.1, 0.15) is 5.58 Å². The van der Waals surface area contributed by atoms with Crippen molar-refractivity contribution in [3.05, 3.63) is 64.7 Å². The van der Waals surface area contributed by atoms with Crippen LogP contribution in [0.1, 0.15) is 78.4 Å². The fraction of sp³-hybridized carbons (Fsp3) is 0.444. The Morgan fingerprint density at radius 3 is 2.90 bits per heavy atom. The number of hydrogen-bond acceptors (Lipinski definition) is 4. The van der Waals surface area contributed by atoms with Crippen molar-refractivity contribution in [2.45, 2.75) is 63.8 Å². The Morgan fingerprint density at radius 2 is 2.03 bits per heavy atom. The van der Waals surface area contributed by atoms with Gasteiger partial charge < -0.3 is 15.1 Å². The van der Waals surface area contributed by atoms with Crippen LogP contribution in [0, 0.1) is 0 Å². The molecule has 2 saturated heterocycles. The minimum atomic E-state index is 0.0879. The summed E-state index contributed by atoms with van der Waals surface area (Å²) in [7, 11) is 0. The Hall–Kier alpha value is -2.59. The number of hydrogen-bond donors (Lipinski definition) is 1. The number of nitrogens with zero attached hydrogens (tertiary/aromatic N) is 1. The molecule has 0 aliphatic carbocycles. The van der Waals surface area contributed by atoms with Gasteiger partial charge in [-0.2, -0.15) is 0 Å². The lowest BCUT2D eigenvalue weighted by Crippen LogP contribution is -2.37. The summed E-state index contributed by atoms with van der Waals surface area (Å²) in [6, 6.07) is 14.5. The first kappa shape index (κ1) is 20.3. The highest BCUT2D eigenvalue weighted by molar-refractivity contribution is 6.11. The van der Waals surface area contributed by atoms with Crippen molar-refractivity contribution in [3.63, 3.8) is 0 Å². The Kier molecular flexibility index (Phi) is 5.58. The van der Waals surface area contributed by atoms with E-state index < -0.39 is 0 Å². The molecule has 0 bridgehead atoms. The molecular weight excluding hydrogens is 384 g/mol. The minimum absolute atomic E-state index is 0.0879. The van der Waals surface area contributed by atoms with Crippen LogP contribution in [0.25, 0.3) is 11.0 Å². The smallest absolute Gasteiger partial charge is 0.195 e. The monoisotopic (exact) mass is 416 g/mol. The number of benzene rings is 2. The number of nitrogen functional groups attached to an aromatic ring is 1. The molecule has 2 atom stereocenters. The van der Waals surface area contributed by atoms with Gasteiger partial charge in [0.2, 0.25) is 0 Å². The molecule has 1 aromatic heterocycles. The zero-order chi connectivity index (χ0) is 21.4. The highest BCUT2D eigenvalue weighted by Gasteiger charge is 2.34.